The Kier molecular flexibility index (Phi) is 4.94. The normalized spacial score (nSPS) is 21.8. The number of hydrogen-bond donors (Lipinski definition) is 1. The van der Waals surface area contributed by atoms with Gasteiger partial charge in [-0.1, -0.05) is 56.0 Å². The Morgan fingerprint density at radius 2 is 1.96 bits per heavy atom. The lowest BCUT2D eigenvalue weighted by Gasteiger charge is -2.25. The summed E-state index contributed by atoms with van der Waals surface area (Å²) in [6, 6.07) is 8.30. The largest absolute Gasteiger partial charge is 0.480 e. The molecule has 0 unspecified atom stereocenters. The van der Waals surface area contributed by atoms with Gasteiger partial charge >= 0.3 is 5.97 Å². The van der Waals surface area contributed by atoms with Gasteiger partial charge in [-0.05, 0) is 30.7 Å². The van der Waals surface area contributed by atoms with E-state index in [-0.39, 0.29) is 15.6 Å². The second kappa shape index (κ2) is 6.89. The monoisotopic (exact) mass is 388 g/mol. The summed E-state index contributed by atoms with van der Waals surface area (Å²) in [4.78, 5) is 27.2. The third-order valence-electron chi connectivity index (χ3n) is 4.68. The molecule has 1 saturated heterocycles. The molecule has 1 aromatic rings. The molecule has 0 radical (unpaired) electrons. The average molecular weight is 389 g/mol. The van der Waals surface area contributed by atoms with Gasteiger partial charge in [0.15, 0.2) is 0 Å². The zero-order valence-corrected chi connectivity index (χ0v) is 16.5. The number of carbonyl (C=O) groups is 2. The number of hydrogen-bond acceptors (Lipinski definition) is 5. The number of carboxylic acids is 1. The van der Waals surface area contributed by atoms with Gasteiger partial charge in [-0.3, -0.25) is 14.5 Å². The number of thioether (sulfide) groups is 1. The van der Waals surface area contributed by atoms with Crippen LogP contribution in [-0.2, 0) is 15.0 Å². The van der Waals surface area contributed by atoms with Crippen LogP contribution < -0.4 is 4.90 Å². The first-order valence-electron chi connectivity index (χ1n) is 8.32. The maximum absolute atomic E-state index is 12.4. The fourth-order valence-corrected chi connectivity index (χ4v) is 4.62. The molecule has 26 heavy (non-hydrogen) atoms. The predicted molar refractivity (Wildman–Crippen MR) is 108 cm³/mol. The summed E-state index contributed by atoms with van der Waals surface area (Å²) in [5.74, 6) is -1.43. The van der Waals surface area contributed by atoms with Crippen LogP contribution in [-0.4, -0.2) is 39.3 Å². The molecule has 0 bridgehead atoms. The van der Waals surface area contributed by atoms with E-state index >= 15 is 0 Å². The molecule has 2 aliphatic rings. The van der Waals surface area contributed by atoms with Crippen molar-refractivity contribution in [1.29, 1.82) is 0 Å². The SMILES string of the molecule is CCN1C(=CC=C2SC(=S)N(CC(=O)O)C2=O)C(C)(C)c2ccccc21. The first-order valence-corrected chi connectivity index (χ1v) is 9.54. The van der Waals surface area contributed by atoms with Crippen LogP contribution in [0, 0.1) is 0 Å². The van der Waals surface area contributed by atoms with Crippen LogP contribution in [0.25, 0.3) is 0 Å². The summed E-state index contributed by atoms with van der Waals surface area (Å²) in [5.41, 5.74) is 3.35. The van der Waals surface area contributed by atoms with E-state index in [1.165, 1.54) is 11.3 Å². The number of para-hydroxylation sites is 1. The highest BCUT2D eigenvalue weighted by Crippen LogP contribution is 2.47. The van der Waals surface area contributed by atoms with Crippen LogP contribution in [0.1, 0.15) is 26.3 Å². The highest BCUT2D eigenvalue weighted by molar-refractivity contribution is 8.26. The topological polar surface area (TPSA) is 60.9 Å². The van der Waals surface area contributed by atoms with Gasteiger partial charge in [0, 0.05) is 23.3 Å². The number of allylic oxidation sites excluding steroid dienone is 3. The minimum absolute atomic E-state index is 0.183. The van der Waals surface area contributed by atoms with Gasteiger partial charge in [0.05, 0.1) is 4.91 Å². The van der Waals surface area contributed by atoms with E-state index in [4.69, 9.17) is 17.3 Å². The quantitative estimate of drug-likeness (QED) is 0.629. The van der Waals surface area contributed by atoms with Crippen molar-refractivity contribution in [2.75, 3.05) is 18.0 Å². The standard InChI is InChI=1S/C19H20N2O3S2/c1-4-20-13-8-6-5-7-12(13)19(2,3)15(20)10-9-14-17(24)21(11-16(22)23)18(25)26-14/h5-10H,4,11H2,1-3H3,(H,22,23). The molecule has 0 aliphatic carbocycles. The van der Waals surface area contributed by atoms with Crippen LogP contribution in [0.2, 0.25) is 0 Å². The Labute approximate surface area is 162 Å². The van der Waals surface area contributed by atoms with Crippen molar-refractivity contribution in [3.8, 4) is 0 Å². The zero-order valence-electron chi connectivity index (χ0n) is 14.9. The van der Waals surface area contributed by atoms with E-state index in [0.29, 0.717) is 4.91 Å². The number of fused-ring (bicyclic) bond motifs is 1. The molecule has 0 aromatic heterocycles. The second-order valence-corrected chi connectivity index (χ2v) is 8.30. The van der Waals surface area contributed by atoms with Crippen LogP contribution in [0.3, 0.4) is 0 Å². The van der Waals surface area contributed by atoms with Gasteiger partial charge in [-0.2, -0.15) is 0 Å². The molecule has 2 aliphatic heterocycles. The zero-order chi connectivity index (χ0) is 19.1. The summed E-state index contributed by atoms with van der Waals surface area (Å²) in [6.07, 6.45) is 3.71. The molecule has 7 heteroatoms. The third kappa shape index (κ3) is 3.05. The molecule has 2 heterocycles. The van der Waals surface area contributed by atoms with E-state index in [1.807, 2.05) is 18.2 Å². The fraction of sp³-hybridized carbons (Fsp3) is 0.316. The van der Waals surface area contributed by atoms with Crippen LogP contribution in [0.15, 0.2) is 47.0 Å². The van der Waals surface area contributed by atoms with E-state index in [1.54, 1.807) is 6.08 Å². The van der Waals surface area contributed by atoms with E-state index in [0.717, 1.165) is 28.9 Å². The lowest BCUT2D eigenvalue weighted by atomic mass is 9.84. The highest BCUT2D eigenvalue weighted by atomic mass is 32.2. The first-order chi connectivity index (χ1) is 12.3. The van der Waals surface area contributed by atoms with Crippen molar-refractivity contribution in [1.82, 2.24) is 4.90 Å². The summed E-state index contributed by atoms with van der Waals surface area (Å²) >= 11 is 6.29. The molecular weight excluding hydrogens is 368 g/mol. The highest BCUT2D eigenvalue weighted by Gasteiger charge is 2.39. The number of aliphatic carboxylic acids is 1. The smallest absolute Gasteiger partial charge is 0.323 e. The van der Waals surface area contributed by atoms with E-state index in [9.17, 15) is 9.59 Å². The number of nitrogens with zero attached hydrogens (tertiary/aromatic N) is 2. The fourth-order valence-electron chi connectivity index (χ4n) is 3.42. The van der Waals surface area contributed by atoms with Crippen molar-refractivity contribution in [2.45, 2.75) is 26.2 Å². The number of rotatable bonds is 4. The van der Waals surface area contributed by atoms with Crippen molar-refractivity contribution >= 4 is 45.9 Å². The Morgan fingerprint density at radius 1 is 1.27 bits per heavy atom. The Hall–Kier alpha value is -2.12. The average Bonchev–Trinajstić information content (AvgIpc) is 2.97. The van der Waals surface area contributed by atoms with Gasteiger partial charge in [0.25, 0.3) is 5.91 Å². The summed E-state index contributed by atoms with van der Waals surface area (Å²) in [5, 5.41) is 8.93. The first kappa shape index (κ1) is 18.7. The van der Waals surface area contributed by atoms with Gasteiger partial charge in [0.1, 0.15) is 10.9 Å². The van der Waals surface area contributed by atoms with E-state index < -0.39 is 12.5 Å². The third-order valence-corrected chi connectivity index (χ3v) is 6.07. The maximum atomic E-state index is 12.4. The van der Waals surface area contributed by atoms with Crippen molar-refractivity contribution < 1.29 is 14.7 Å². The molecule has 5 nitrogen and oxygen atoms in total. The number of anilines is 1. The van der Waals surface area contributed by atoms with Crippen LogP contribution in [0.4, 0.5) is 5.69 Å². The molecule has 0 spiro atoms. The Balaban J connectivity index is 1.95. The summed E-state index contributed by atoms with van der Waals surface area (Å²) in [7, 11) is 0. The Bertz CT molecular complexity index is 858. The van der Waals surface area contributed by atoms with E-state index in [2.05, 4.69) is 37.8 Å². The molecule has 1 amide bonds. The van der Waals surface area contributed by atoms with Crippen molar-refractivity contribution in [2.24, 2.45) is 0 Å². The van der Waals surface area contributed by atoms with Gasteiger partial charge in [0.2, 0.25) is 0 Å². The molecule has 1 aromatic carbocycles. The van der Waals surface area contributed by atoms with Gasteiger partial charge in [-0.15, -0.1) is 0 Å². The molecule has 1 N–H and O–H groups in total. The molecular formula is C19H20N2O3S2. The number of thiocarbonyl (C=S) groups is 1. The molecule has 0 atom stereocenters. The lowest BCUT2D eigenvalue weighted by Crippen LogP contribution is -2.33. The van der Waals surface area contributed by atoms with Crippen molar-refractivity contribution in [3.05, 3.63) is 52.6 Å². The number of carboxylic acid groups (broad SMARTS) is 1. The minimum Gasteiger partial charge on any atom is -0.480 e. The second-order valence-electron chi connectivity index (χ2n) is 6.62. The summed E-state index contributed by atoms with van der Waals surface area (Å²) < 4.78 is 0.281. The van der Waals surface area contributed by atoms with Crippen LogP contribution in [0.5, 0.6) is 0 Å². The number of carbonyl (C=O) groups excluding carboxylic acids is 1. The number of likely N-dealkylation sites (N-methyl/N-ethyl adjacent to an activating group) is 1. The summed E-state index contributed by atoms with van der Waals surface area (Å²) in [6.45, 7) is 6.84. The maximum Gasteiger partial charge on any atom is 0.323 e. The number of benzene rings is 1. The van der Waals surface area contributed by atoms with Crippen LogP contribution >= 0.6 is 24.0 Å². The lowest BCUT2D eigenvalue weighted by molar-refractivity contribution is -0.140. The predicted octanol–water partition coefficient (Wildman–Crippen LogP) is 3.52. The molecule has 3 rings (SSSR count). The Morgan fingerprint density at radius 3 is 2.62 bits per heavy atom. The molecule has 1 fully saturated rings. The number of amides is 1. The molecule has 136 valence electrons. The minimum atomic E-state index is -1.08. The van der Waals surface area contributed by atoms with Crippen molar-refractivity contribution in [3.63, 3.8) is 0 Å². The van der Waals surface area contributed by atoms with Gasteiger partial charge < -0.3 is 10.0 Å². The molecule has 0 saturated carbocycles. The van der Waals surface area contributed by atoms with Gasteiger partial charge in [-0.25, -0.2) is 0 Å².